The third-order valence-electron chi connectivity index (χ3n) is 3.27. The van der Waals surface area contributed by atoms with Crippen molar-refractivity contribution in [1.82, 2.24) is 0 Å². The summed E-state index contributed by atoms with van der Waals surface area (Å²) in [6.45, 7) is 2.14. The Balaban J connectivity index is 2.04. The fraction of sp³-hybridized carbons (Fsp3) is 1.00. The van der Waals surface area contributed by atoms with Crippen molar-refractivity contribution in [2.45, 2.75) is 44.2 Å². The van der Waals surface area contributed by atoms with E-state index >= 15 is 0 Å². The summed E-state index contributed by atoms with van der Waals surface area (Å²) in [6, 6.07) is 0. The van der Waals surface area contributed by atoms with Gasteiger partial charge in [0.25, 0.3) is 0 Å². The van der Waals surface area contributed by atoms with E-state index in [0.29, 0.717) is 0 Å². The highest BCUT2D eigenvalue weighted by Crippen LogP contribution is 2.47. The van der Waals surface area contributed by atoms with Crippen molar-refractivity contribution in [1.29, 1.82) is 0 Å². The van der Waals surface area contributed by atoms with Crippen LogP contribution in [0.3, 0.4) is 0 Å². The van der Waals surface area contributed by atoms with Crippen molar-refractivity contribution in [3.63, 3.8) is 0 Å². The van der Waals surface area contributed by atoms with Crippen molar-refractivity contribution >= 4 is 0 Å². The smallest absolute Gasteiger partial charge is 0.0545 e. The molecule has 3 N–H and O–H groups in total. The van der Waals surface area contributed by atoms with E-state index in [9.17, 15) is 5.11 Å². The standard InChI is InChI=1S/C9H17NO/c1-9(10)4-6-2-8(11)3-7(6)5-9/h6-8,11H,2-5,10H2,1H3/t6-,7+,8+,9-. The third kappa shape index (κ3) is 1.30. The summed E-state index contributed by atoms with van der Waals surface area (Å²) in [5.74, 6) is 1.44. The molecule has 2 rings (SSSR count). The minimum Gasteiger partial charge on any atom is -0.393 e. The number of hydrogen-bond acceptors (Lipinski definition) is 2. The van der Waals surface area contributed by atoms with E-state index in [1.165, 1.54) is 0 Å². The fourth-order valence-corrected chi connectivity index (χ4v) is 2.96. The number of nitrogens with two attached hydrogens (primary N) is 1. The Hall–Kier alpha value is -0.0800. The summed E-state index contributed by atoms with van der Waals surface area (Å²) in [5.41, 5.74) is 6.10. The first-order valence-corrected chi connectivity index (χ1v) is 4.54. The lowest BCUT2D eigenvalue weighted by Gasteiger charge is -2.18. The van der Waals surface area contributed by atoms with E-state index in [2.05, 4.69) is 6.92 Å². The fourth-order valence-electron chi connectivity index (χ4n) is 2.96. The quantitative estimate of drug-likeness (QED) is 0.545. The molecule has 2 saturated carbocycles. The molecule has 4 atom stereocenters. The summed E-state index contributed by atoms with van der Waals surface area (Å²) in [4.78, 5) is 0. The minimum absolute atomic E-state index is 0.0268. The van der Waals surface area contributed by atoms with E-state index in [-0.39, 0.29) is 11.6 Å². The molecule has 11 heavy (non-hydrogen) atoms. The van der Waals surface area contributed by atoms with Crippen LogP contribution in [0.15, 0.2) is 0 Å². The molecular formula is C9H17NO. The minimum atomic E-state index is -0.0268. The van der Waals surface area contributed by atoms with Gasteiger partial charge in [-0.15, -0.1) is 0 Å². The molecule has 2 aliphatic carbocycles. The first-order valence-electron chi connectivity index (χ1n) is 4.54. The second-order valence-corrected chi connectivity index (χ2v) is 4.71. The predicted molar refractivity (Wildman–Crippen MR) is 44.0 cm³/mol. The van der Waals surface area contributed by atoms with Crippen LogP contribution in [0, 0.1) is 11.8 Å². The molecule has 0 aromatic rings. The van der Waals surface area contributed by atoms with Crippen molar-refractivity contribution in [2.75, 3.05) is 0 Å². The van der Waals surface area contributed by atoms with Crippen molar-refractivity contribution in [2.24, 2.45) is 17.6 Å². The SMILES string of the molecule is C[C@@]1(N)C[C@H]2C[C@H](O)C[C@H]2C1. The molecule has 0 radical (unpaired) electrons. The molecule has 2 fully saturated rings. The molecule has 2 heteroatoms. The van der Waals surface area contributed by atoms with Crippen molar-refractivity contribution in [3.05, 3.63) is 0 Å². The molecule has 0 spiro atoms. The summed E-state index contributed by atoms with van der Waals surface area (Å²) in [6.07, 6.45) is 4.21. The zero-order chi connectivity index (χ0) is 8.06. The van der Waals surface area contributed by atoms with Crippen molar-refractivity contribution in [3.8, 4) is 0 Å². The number of rotatable bonds is 0. The van der Waals surface area contributed by atoms with Crippen LogP contribution in [0.5, 0.6) is 0 Å². The zero-order valence-electron chi connectivity index (χ0n) is 7.09. The molecule has 0 heterocycles. The van der Waals surface area contributed by atoms with Gasteiger partial charge < -0.3 is 10.8 Å². The van der Waals surface area contributed by atoms with E-state index in [0.717, 1.165) is 37.5 Å². The van der Waals surface area contributed by atoms with E-state index in [1.54, 1.807) is 0 Å². The Morgan fingerprint density at radius 3 is 2.18 bits per heavy atom. The lowest BCUT2D eigenvalue weighted by atomic mass is 9.97. The molecule has 0 saturated heterocycles. The molecule has 0 amide bonds. The number of fused-ring (bicyclic) bond motifs is 1. The van der Waals surface area contributed by atoms with Crippen LogP contribution >= 0.6 is 0 Å². The van der Waals surface area contributed by atoms with Crippen LogP contribution in [0.25, 0.3) is 0 Å². The average molecular weight is 155 g/mol. The second kappa shape index (κ2) is 2.20. The Kier molecular flexibility index (Phi) is 1.52. The Labute approximate surface area is 67.8 Å². The molecule has 2 aliphatic rings. The van der Waals surface area contributed by atoms with E-state index in [4.69, 9.17) is 5.73 Å². The maximum Gasteiger partial charge on any atom is 0.0545 e. The molecular weight excluding hydrogens is 138 g/mol. The van der Waals surface area contributed by atoms with Gasteiger partial charge in [0.1, 0.15) is 0 Å². The highest BCUT2D eigenvalue weighted by atomic mass is 16.3. The molecule has 0 aromatic heterocycles. The number of aliphatic hydroxyl groups excluding tert-OH is 1. The third-order valence-corrected chi connectivity index (χ3v) is 3.27. The van der Waals surface area contributed by atoms with Gasteiger partial charge in [0, 0.05) is 5.54 Å². The van der Waals surface area contributed by atoms with E-state index < -0.39 is 0 Å². The van der Waals surface area contributed by atoms with Gasteiger partial charge in [0.15, 0.2) is 0 Å². The zero-order valence-corrected chi connectivity index (χ0v) is 7.09. The van der Waals surface area contributed by atoms with Gasteiger partial charge in [-0.2, -0.15) is 0 Å². The number of hydrogen-bond donors (Lipinski definition) is 2. The second-order valence-electron chi connectivity index (χ2n) is 4.71. The van der Waals surface area contributed by atoms with Crippen LogP contribution in [0.4, 0.5) is 0 Å². The van der Waals surface area contributed by atoms with Gasteiger partial charge >= 0.3 is 0 Å². The highest BCUT2D eigenvalue weighted by molar-refractivity contribution is 4.99. The summed E-state index contributed by atoms with van der Waals surface area (Å²) in [5, 5.41) is 9.36. The van der Waals surface area contributed by atoms with Crippen LogP contribution in [-0.2, 0) is 0 Å². The topological polar surface area (TPSA) is 46.2 Å². The van der Waals surface area contributed by atoms with Gasteiger partial charge in [-0.05, 0) is 44.4 Å². The highest BCUT2D eigenvalue weighted by Gasteiger charge is 2.44. The molecule has 0 unspecified atom stereocenters. The summed E-state index contributed by atoms with van der Waals surface area (Å²) >= 11 is 0. The van der Waals surface area contributed by atoms with Gasteiger partial charge in [-0.1, -0.05) is 0 Å². The van der Waals surface area contributed by atoms with E-state index in [1.807, 2.05) is 0 Å². The average Bonchev–Trinajstić information content (AvgIpc) is 2.17. The Bertz CT molecular complexity index is 151. The lowest BCUT2D eigenvalue weighted by Crippen LogP contribution is -2.33. The molecule has 64 valence electrons. The van der Waals surface area contributed by atoms with Crippen LogP contribution in [0.2, 0.25) is 0 Å². The molecule has 2 nitrogen and oxygen atoms in total. The first-order chi connectivity index (χ1) is 5.07. The normalized spacial score (nSPS) is 56.5. The maximum atomic E-state index is 9.36. The maximum absolute atomic E-state index is 9.36. The number of aliphatic hydroxyl groups is 1. The lowest BCUT2D eigenvalue weighted by molar-refractivity contribution is 0.167. The molecule has 0 bridgehead atoms. The van der Waals surface area contributed by atoms with Crippen molar-refractivity contribution < 1.29 is 5.11 Å². The molecule has 0 aliphatic heterocycles. The van der Waals surface area contributed by atoms with Gasteiger partial charge in [0.05, 0.1) is 6.10 Å². The monoisotopic (exact) mass is 155 g/mol. The summed E-state index contributed by atoms with van der Waals surface area (Å²) in [7, 11) is 0. The van der Waals surface area contributed by atoms with Crippen LogP contribution in [-0.4, -0.2) is 16.7 Å². The summed E-state index contributed by atoms with van der Waals surface area (Å²) < 4.78 is 0. The largest absolute Gasteiger partial charge is 0.393 e. The Morgan fingerprint density at radius 2 is 1.73 bits per heavy atom. The van der Waals surface area contributed by atoms with Crippen LogP contribution in [0.1, 0.15) is 32.6 Å². The first kappa shape index (κ1) is 7.56. The Morgan fingerprint density at radius 1 is 1.27 bits per heavy atom. The molecule has 0 aromatic carbocycles. The van der Waals surface area contributed by atoms with Gasteiger partial charge in [0.2, 0.25) is 0 Å². The van der Waals surface area contributed by atoms with Gasteiger partial charge in [-0.3, -0.25) is 0 Å². The van der Waals surface area contributed by atoms with Crippen LogP contribution < -0.4 is 5.73 Å². The van der Waals surface area contributed by atoms with Gasteiger partial charge in [-0.25, -0.2) is 0 Å². The predicted octanol–water partition coefficient (Wildman–Crippen LogP) is 0.885.